The van der Waals surface area contributed by atoms with Crippen LogP contribution < -0.4 is 0 Å². The minimum Gasteiger partial charge on any atom is -0.337 e. The lowest BCUT2D eigenvalue weighted by Crippen LogP contribution is -2.06. The molecule has 0 amide bonds. The molecule has 0 saturated carbocycles. The number of aryl methyl sites for hydroxylation is 2. The van der Waals surface area contributed by atoms with Crippen molar-refractivity contribution in [3.05, 3.63) is 34.1 Å². The van der Waals surface area contributed by atoms with E-state index in [0.29, 0.717) is 5.92 Å². The maximum Gasteiger partial charge on any atom is 0.177 e. The predicted molar refractivity (Wildman–Crippen MR) is 70.8 cm³/mol. The average Bonchev–Trinajstić information content (AvgIpc) is 2.73. The molecular formula is C12H18N4S. The van der Waals surface area contributed by atoms with Crippen LogP contribution in [0.1, 0.15) is 36.7 Å². The number of imidazole rings is 1. The summed E-state index contributed by atoms with van der Waals surface area (Å²) in [6.45, 7) is 7.16. The van der Waals surface area contributed by atoms with Gasteiger partial charge < -0.3 is 9.55 Å². The summed E-state index contributed by atoms with van der Waals surface area (Å²) in [5.41, 5.74) is 3.51. The molecule has 2 aromatic heterocycles. The van der Waals surface area contributed by atoms with Gasteiger partial charge in [0.15, 0.2) is 4.77 Å². The van der Waals surface area contributed by atoms with Crippen LogP contribution in [0.5, 0.6) is 0 Å². The van der Waals surface area contributed by atoms with E-state index in [0.717, 1.165) is 17.0 Å². The van der Waals surface area contributed by atoms with Gasteiger partial charge in [-0.3, -0.25) is 4.68 Å². The predicted octanol–water partition coefficient (Wildman–Crippen LogP) is 2.76. The Balaban J connectivity index is 2.39. The Morgan fingerprint density at radius 2 is 2.18 bits per heavy atom. The minimum atomic E-state index is 0.458. The Labute approximate surface area is 106 Å². The molecule has 17 heavy (non-hydrogen) atoms. The lowest BCUT2D eigenvalue weighted by atomic mass is 10.1. The van der Waals surface area contributed by atoms with E-state index in [2.05, 4.69) is 28.5 Å². The highest BCUT2D eigenvalue weighted by molar-refractivity contribution is 7.71. The van der Waals surface area contributed by atoms with Crippen LogP contribution in [-0.2, 0) is 13.6 Å². The monoisotopic (exact) mass is 250 g/mol. The first-order valence-corrected chi connectivity index (χ1v) is 6.17. The van der Waals surface area contributed by atoms with Crippen molar-refractivity contribution in [2.45, 2.75) is 33.2 Å². The van der Waals surface area contributed by atoms with Gasteiger partial charge in [0.2, 0.25) is 0 Å². The number of nitrogens with one attached hydrogen (secondary N) is 1. The van der Waals surface area contributed by atoms with Crippen LogP contribution >= 0.6 is 12.2 Å². The van der Waals surface area contributed by atoms with Crippen molar-refractivity contribution in [3.63, 3.8) is 0 Å². The molecule has 92 valence electrons. The van der Waals surface area contributed by atoms with E-state index >= 15 is 0 Å². The summed E-state index contributed by atoms with van der Waals surface area (Å²) < 4.78 is 4.76. The third-order valence-corrected chi connectivity index (χ3v) is 3.27. The SMILES string of the molecule is Cc1nn(C)cc1Cn1c(C(C)C)c[nH]c1=S. The van der Waals surface area contributed by atoms with Gasteiger partial charge in [-0.2, -0.15) is 5.10 Å². The Hall–Kier alpha value is -1.36. The summed E-state index contributed by atoms with van der Waals surface area (Å²) in [7, 11) is 1.94. The molecule has 2 rings (SSSR count). The van der Waals surface area contributed by atoms with E-state index < -0.39 is 0 Å². The molecule has 0 aliphatic heterocycles. The summed E-state index contributed by atoms with van der Waals surface area (Å²) in [6, 6.07) is 0. The van der Waals surface area contributed by atoms with Gasteiger partial charge in [-0.1, -0.05) is 13.8 Å². The highest BCUT2D eigenvalue weighted by Crippen LogP contribution is 2.17. The van der Waals surface area contributed by atoms with E-state index in [1.165, 1.54) is 11.3 Å². The van der Waals surface area contributed by atoms with Gasteiger partial charge in [0.25, 0.3) is 0 Å². The second-order valence-electron chi connectivity index (χ2n) is 4.67. The van der Waals surface area contributed by atoms with Gasteiger partial charge in [-0.15, -0.1) is 0 Å². The topological polar surface area (TPSA) is 38.5 Å². The number of H-pyrrole nitrogens is 1. The summed E-state index contributed by atoms with van der Waals surface area (Å²) in [5.74, 6) is 0.458. The maximum absolute atomic E-state index is 5.32. The lowest BCUT2D eigenvalue weighted by molar-refractivity contribution is 0.682. The minimum absolute atomic E-state index is 0.458. The van der Waals surface area contributed by atoms with Crippen molar-refractivity contribution in [3.8, 4) is 0 Å². The third-order valence-electron chi connectivity index (χ3n) is 2.94. The molecule has 2 heterocycles. The van der Waals surface area contributed by atoms with Crippen molar-refractivity contribution in [1.82, 2.24) is 19.3 Å². The van der Waals surface area contributed by atoms with Crippen LogP contribution in [0.4, 0.5) is 0 Å². The number of nitrogens with zero attached hydrogens (tertiary/aromatic N) is 3. The van der Waals surface area contributed by atoms with Gasteiger partial charge in [0.05, 0.1) is 12.2 Å². The van der Waals surface area contributed by atoms with Crippen molar-refractivity contribution >= 4 is 12.2 Å². The standard InChI is InChI=1S/C12H18N4S/c1-8(2)11-5-13-12(17)16(11)7-10-6-15(4)14-9(10)3/h5-6,8H,7H2,1-4H3,(H,13,17). The van der Waals surface area contributed by atoms with Crippen molar-refractivity contribution in [2.24, 2.45) is 7.05 Å². The number of rotatable bonds is 3. The van der Waals surface area contributed by atoms with Gasteiger partial charge in [0.1, 0.15) is 0 Å². The Bertz CT molecular complexity index is 574. The second kappa shape index (κ2) is 4.49. The van der Waals surface area contributed by atoms with Crippen LogP contribution in [0.2, 0.25) is 0 Å². The molecular weight excluding hydrogens is 232 g/mol. The van der Waals surface area contributed by atoms with Crippen LogP contribution in [0.3, 0.4) is 0 Å². The smallest absolute Gasteiger partial charge is 0.177 e. The third kappa shape index (κ3) is 2.34. The average molecular weight is 250 g/mol. The van der Waals surface area contributed by atoms with Gasteiger partial charge in [0, 0.05) is 30.7 Å². The zero-order valence-corrected chi connectivity index (χ0v) is 11.5. The quantitative estimate of drug-likeness (QED) is 0.851. The number of hydrogen-bond acceptors (Lipinski definition) is 2. The highest BCUT2D eigenvalue weighted by Gasteiger charge is 2.10. The first-order chi connectivity index (χ1) is 7.99. The molecule has 1 N–H and O–H groups in total. The Morgan fingerprint density at radius 1 is 1.47 bits per heavy atom. The van der Waals surface area contributed by atoms with E-state index in [1.807, 2.05) is 31.0 Å². The zero-order chi connectivity index (χ0) is 12.6. The molecule has 2 aromatic rings. The molecule has 5 heteroatoms. The van der Waals surface area contributed by atoms with Crippen molar-refractivity contribution in [1.29, 1.82) is 0 Å². The Kier molecular flexibility index (Phi) is 3.19. The van der Waals surface area contributed by atoms with Crippen LogP contribution in [0.25, 0.3) is 0 Å². The van der Waals surface area contributed by atoms with Crippen LogP contribution in [-0.4, -0.2) is 19.3 Å². The zero-order valence-electron chi connectivity index (χ0n) is 10.7. The van der Waals surface area contributed by atoms with Crippen molar-refractivity contribution in [2.75, 3.05) is 0 Å². The molecule has 0 saturated heterocycles. The van der Waals surface area contributed by atoms with Crippen LogP contribution in [0, 0.1) is 11.7 Å². The normalized spacial score (nSPS) is 11.4. The first kappa shape index (κ1) is 12.1. The summed E-state index contributed by atoms with van der Waals surface area (Å²) in [6.07, 6.45) is 4.05. The fraction of sp³-hybridized carbons (Fsp3) is 0.500. The molecule has 0 aromatic carbocycles. The summed E-state index contributed by atoms with van der Waals surface area (Å²) in [5, 5.41) is 4.35. The summed E-state index contributed by atoms with van der Waals surface area (Å²) in [4.78, 5) is 3.12. The molecule has 0 fully saturated rings. The van der Waals surface area contributed by atoms with E-state index in [9.17, 15) is 0 Å². The fourth-order valence-corrected chi connectivity index (χ4v) is 2.25. The van der Waals surface area contributed by atoms with E-state index in [-0.39, 0.29) is 0 Å². The fourth-order valence-electron chi connectivity index (χ4n) is 2.02. The maximum atomic E-state index is 5.32. The van der Waals surface area contributed by atoms with Gasteiger partial charge >= 0.3 is 0 Å². The number of aromatic amines is 1. The number of aromatic nitrogens is 4. The molecule has 0 aliphatic rings. The molecule has 0 bridgehead atoms. The van der Waals surface area contributed by atoms with E-state index in [1.54, 1.807) is 0 Å². The van der Waals surface area contributed by atoms with Crippen molar-refractivity contribution < 1.29 is 0 Å². The second-order valence-corrected chi connectivity index (χ2v) is 5.06. The molecule has 0 radical (unpaired) electrons. The molecule has 0 unspecified atom stereocenters. The largest absolute Gasteiger partial charge is 0.337 e. The number of hydrogen-bond donors (Lipinski definition) is 1. The molecule has 4 nitrogen and oxygen atoms in total. The molecule has 0 atom stereocenters. The molecule has 0 spiro atoms. The van der Waals surface area contributed by atoms with Gasteiger partial charge in [-0.05, 0) is 25.1 Å². The first-order valence-electron chi connectivity index (χ1n) is 5.76. The highest BCUT2D eigenvalue weighted by atomic mass is 32.1. The summed E-state index contributed by atoms with van der Waals surface area (Å²) >= 11 is 5.32. The van der Waals surface area contributed by atoms with E-state index in [4.69, 9.17) is 12.2 Å². The molecule has 0 aliphatic carbocycles. The van der Waals surface area contributed by atoms with Gasteiger partial charge in [-0.25, -0.2) is 0 Å². The van der Waals surface area contributed by atoms with Crippen LogP contribution in [0.15, 0.2) is 12.4 Å². The Morgan fingerprint density at radius 3 is 2.71 bits per heavy atom. The lowest BCUT2D eigenvalue weighted by Gasteiger charge is -2.10.